The van der Waals surface area contributed by atoms with E-state index in [2.05, 4.69) is 31.1 Å². The van der Waals surface area contributed by atoms with Crippen LogP contribution in [0.5, 0.6) is 0 Å². The lowest BCUT2D eigenvalue weighted by Crippen LogP contribution is -2.58. The van der Waals surface area contributed by atoms with Crippen molar-refractivity contribution in [2.45, 2.75) is 38.1 Å². The van der Waals surface area contributed by atoms with Crippen LogP contribution in [0.15, 0.2) is 0 Å². The van der Waals surface area contributed by atoms with Crippen molar-refractivity contribution in [2.75, 3.05) is 26.7 Å². The van der Waals surface area contributed by atoms with E-state index in [0.29, 0.717) is 11.4 Å². The zero-order valence-electron chi connectivity index (χ0n) is 10.1. The lowest BCUT2D eigenvalue weighted by Gasteiger charge is -2.49. The Hall–Kier alpha value is 0.210. The first-order chi connectivity index (χ1) is 7.00. The Kier molecular flexibility index (Phi) is 3.30. The summed E-state index contributed by atoms with van der Waals surface area (Å²) in [4.78, 5) is 2.42. The number of hydrogen-bond acceptors (Lipinski definition) is 2. The fraction of sp³-hybridized carbons (Fsp3) is 1.00. The monoisotopic (exact) mass is 230 g/mol. The van der Waals surface area contributed by atoms with Crippen molar-refractivity contribution in [3.05, 3.63) is 0 Å². The van der Waals surface area contributed by atoms with Gasteiger partial charge in [-0.1, -0.05) is 13.8 Å². The van der Waals surface area contributed by atoms with E-state index in [9.17, 15) is 0 Å². The molecule has 0 spiro atoms. The zero-order chi connectivity index (χ0) is 11.1. The molecule has 15 heavy (non-hydrogen) atoms. The second-order valence-corrected chi connectivity index (χ2v) is 6.43. The van der Waals surface area contributed by atoms with E-state index in [1.54, 1.807) is 0 Å². The van der Waals surface area contributed by atoms with E-state index >= 15 is 0 Å². The van der Waals surface area contributed by atoms with Crippen LogP contribution in [0.25, 0.3) is 0 Å². The van der Waals surface area contributed by atoms with E-state index in [1.807, 2.05) is 0 Å². The van der Waals surface area contributed by atoms with Crippen molar-refractivity contribution < 1.29 is 0 Å². The number of nitrogens with zero attached hydrogens (tertiary/aromatic N) is 1. The fourth-order valence-electron chi connectivity index (χ4n) is 2.72. The topological polar surface area (TPSA) is 15.3 Å². The molecular formula is C12H23ClN2. The third kappa shape index (κ3) is 2.32. The molecule has 0 aromatic rings. The van der Waals surface area contributed by atoms with E-state index in [4.69, 9.17) is 11.6 Å². The summed E-state index contributed by atoms with van der Waals surface area (Å²) in [6.07, 6.45) is 2.48. The Morgan fingerprint density at radius 3 is 2.67 bits per heavy atom. The van der Waals surface area contributed by atoms with Gasteiger partial charge in [0.25, 0.3) is 0 Å². The van der Waals surface area contributed by atoms with Crippen LogP contribution in [-0.4, -0.2) is 43.0 Å². The fourth-order valence-corrected chi connectivity index (χ4v) is 3.05. The molecule has 2 aliphatic rings. The first kappa shape index (κ1) is 11.7. The highest BCUT2D eigenvalue weighted by molar-refractivity contribution is 6.21. The van der Waals surface area contributed by atoms with Crippen LogP contribution in [0, 0.1) is 11.3 Å². The number of likely N-dealkylation sites (tertiary alicyclic amines) is 1. The maximum Gasteiger partial charge on any atom is 0.0416 e. The van der Waals surface area contributed by atoms with Crippen molar-refractivity contribution in [2.24, 2.45) is 11.3 Å². The number of nitrogens with one attached hydrogen (secondary N) is 1. The number of halogens is 1. The molecule has 0 radical (unpaired) electrons. The summed E-state index contributed by atoms with van der Waals surface area (Å²) in [6.45, 7) is 8.23. The van der Waals surface area contributed by atoms with Gasteiger partial charge in [-0.25, -0.2) is 0 Å². The van der Waals surface area contributed by atoms with E-state index in [-0.39, 0.29) is 5.41 Å². The number of alkyl halides is 1. The van der Waals surface area contributed by atoms with Crippen LogP contribution >= 0.6 is 11.6 Å². The Labute approximate surface area is 98.4 Å². The van der Waals surface area contributed by atoms with E-state index in [1.165, 1.54) is 26.1 Å². The van der Waals surface area contributed by atoms with E-state index in [0.717, 1.165) is 12.3 Å². The maximum atomic E-state index is 6.21. The van der Waals surface area contributed by atoms with Gasteiger partial charge >= 0.3 is 0 Å². The molecule has 88 valence electrons. The van der Waals surface area contributed by atoms with Crippen LogP contribution in [0.1, 0.15) is 26.7 Å². The number of hydrogen-bond donors (Lipinski definition) is 1. The Balaban J connectivity index is 1.71. The zero-order valence-corrected chi connectivity index (χ0v) is 10.8. The van der Waals surface area contributed by atoms with Gasteiger partial charge in [-0.05, 0) is 44.3 Å². The maximum absolute atomic E-state index is 6.21. The van der Waals surface area contributed by atoms with Crippen molar-refractivity contribution in [3.8, 4) is 0 Å². The lowest BCUT2D eigenvalue weighted by molar-refractivity contribution is 0.113. The summed E-state index contributed by atoms with van der Waals surface area (Å²) >= 11 is 6.21. The van der Waals surface area contributed by atoms with Gasteiger partial charge in [-0.3, -0.25) is 0 Å². The van der Waals surface area contributed by atoms with Gasteiger partial charge in [0.15, 0.2) is 0 Å². The highest BCUT2D eigenvalue weighted by Gasteiger charge is 2.46. The summed E-state index contributed by atoms with van der Waals surface area (Å²) in [7, 11) is 2.21. The molecule has 1 saturated carbocycles. The van der Waals surface area contributed by atoms with Crippen molar-refractivity contribution in [3.63, 3.8) is 0 Å². The smallest absolute Gasteiger partial charge is 0.0416 e. The third-order valence-electron chi connectivity index (χ3n) is 4.29. The largest absolute Gasteiger partial charge is 0.313 e. The van der Waals surface area contributed by atoms with Gasteiger partial charge in [0.05, 0.1) is 0 Å². The average Bonchev–Trinajstić information content (AvgIpc) is 2.58. The number of rotatable bonds is 3. The molecule has 3 unspecified atom stereocenters. The normalized spacial score (nSPS) is 40.4. The first-order valence-corrected chi connectivity index (χ1v) is 6.50. The minimum absolute atomic E-state index is 0.284. The predicted molar refractivity (Wildman–Crippen MR) is 65.4 cm³/mol. The van der Waals surface area contributed by atoms with Gasteiger partial charge < -0.3 is 10.2 Å². The molecule has 3 atom stereocenters. The van der Waals surface area contributed by atoms with Crippen molar-refractivity contribution >= 4 is 11.6 Å². The molecular weight excluding hydrogens is 208 g/mol. The van der Waals surface area contributed by atoms with Gasteiger partial charge in [-0.2, -0.15) is 0 Å². The van der Waals surface area contributed by atoms with Gasteiger partial charge in [-0.15, -0.1) is 11.6 Å². The minimum Gasteiger partial charge on any atom is -0.313 e. The van der Waals surface area contributed by atoms with Gasteiger partial charge in [0, 0.05) is 18.0 Å². The lowest BCUT2D eigenvalue weighted by atomic mass is 9.66. The standard InChI is InChI=1S/C12H23ClN2/c1-12(2)10(13)6-11(12)14-7-9-4-5-15(3)8-9/h9-11,14H,4-8H2,1-3H3. The van der Waals surface area contributed by atoms with Crippen LogP contribution in [0.4, 0.5) is 0 Å². The molecule has 0 aromatic carbocycles. The van der Waals surface area contributed by atoms with Crippen molar-refractivity contribution in [1.29, 1.82) is 0 Å². The Morgan fingerprint density at radius 2 is 2.20 bits per heavy atom. The van der Waals surface area contributed by atoms with Gasteiger partial charge in [0.1, 0.15) is 0 Å². The van der Waals surface area contributed by atoms with Crippen LogP contribution in [-0.2, 0) is 0 Å². The molecule has 1 aliphatic carbocycles. The highest BCUT2D eigenvalue weighted by Crippen LogP contribution is 2.44. The van der Waals surface area contributed by atoms with Crippen molar-refractivity contribution in [1.82, 2.24) is 10.2 Å². The quantitative estimate of drug-likeness (QED) is 0.746. The highest BCUT2D eigenvalue weighted by atomic mass is 35.5. The molecule has 2 fully saturated rings. The first-order valence-electron chi connectivity index (χ1n) is 6.06. The second-order valence-electron chi connectivity index (χ2n) is 5.90. The van der Waals surface area contributed by atoms with Crippen LogP contribution in [0.3, 0.4) is 0 Å². The Bertz CT molecular complexity index is 230. The molecule has 0 amide bonds. The summed E-state index contributed by atoms with van der Waals surface area (Å²) in [6, 6.07) is 0.630. The average molecular weight is 231 g/mol. The Morgan fingerprint density at radius 1 is 1.47 bits per heavy atom. The van der Waals surface area contributed by atoms with Crippen LogP contribution < -0.4 is 5.32 Å². The molecule has 2 rings (SSSR count). The van der Waals surface area contributed by atoms with E-state index < -0.39 is 0 Å². The molecule has 0 bridgehead atoms. The molecule has 1 aliphatic heterocycles. The summed E-state index contributed by atoms with van der Waals surface area (Å²) in [5, 5.41) is 4.05. The SMILES string of the molecule is CN1CCC(CNC2CC(Cl)C2(C)C)C1. The summed E-state index contributed by atoms with van der Waals surface area (Å²) in [5.74, 6) is 0.847. The predicted octanol–water partition coefficient (Wildman–Crippen LogP) is 1.93. The molecule has 1 saturated heterocycles. The van der Waals surface area contributed by atoms with Gasteiger partial charge in [0.2, 0.25) is 0 Å². The van der Waals surface area contributed by atoms with Crippen LogP contribution in [0.2, 0.25) is 0 Å². The molecule has 2 nitrogen and oxygen atoms in total. The molecule has 1 N–H and O–H groups in total. The molecule has 0 aromatic heterocycles. The second kappa shape index (κ2) is 4.23. The minimum atomic E-state index is 0.284. The molecule has 1 heterocycles. The summed E-state index contributed by atoms with van der Waals surface area (Å²) in [5.41, 5.74) is 0.284. The summed E-state index contributed by atoms with van der Waals surface area (Å²) < 4.78 is 0. The third-order valence-corrected chi connectivity index (χ3v) is 5.03. The molecule has 3 heteroatoms.